The molecule has 0 amide bonds. The van der Waals surface area contributed by atoms with Crippen LogP contribution < -0.4 is 4.72 Å². The van der Waals surface area contributed by atoms with Gasteiger partial charge < -0.3 is 0 Å². The van der Waals surface area contributed by atoms with Gasteiger partial charge in [0.25, 0.3) is 10.0 Å². The van der Waals surface area contributed by atoms with Crippen LogP contribution in [0.2, 0.25) is 0 Å². The van der Waals surface area contributed by atoms with E-state index in [9.17, 15) is 16.8 Å². The molecule has 1 atom stereocenters. The maximum absolute atomic E-state index is 11.9. The van der Waals surface area contributed by atoms with Gasteiger partial charge in [0.15, 0.2) is 9.84 Å². The van der Waals surface area contributed by atoms with Crippen LogP contribution in [0.5, 0.6) is 0 Å². The summed E-state index contributed by atoms with van der Waals surface area (Å²) >= 11 is 0. The molecular weight excluding hydrogens is 300 g/mol. The number of aliphatic imine (C=N–C) groups is 1. The fourth-order valence-corrected chi connectivity index (χ4v) is 5.59. The maximum atomic E-state index is 11.9. The van der Waals surface area contributed by atoms with Gasteiger partial charge in [0, 0.05) is 12.1 Å². The van der Waals surface area contributed by atoms with Gasteiger partial charge in [-0.15, -0.1) is 0 Å². The van der Waals surface area contributed by atoms with E-state index in [2.05, 4.69) is 9.71 Å². The fourth-order valence-electron chi connectivity index (χ4n) is 2.49. The lowest BCUT2D eigenvalue weighted by molar-refractivity contribution is 0.589. The average molecular weight is 314 g/mol. The number of hydrogen-bond donors (Lipinski definition) is 1. The zero-order valence-corrected chi connectivity index (χ0v) is 12.2. The van der Waals surface area contributed by atoms with Gasteiger partial charge in [0.05, 0.1) is 16.4 Å². The molecule has 0 radical (unpaired) electrons. The van der Waals surface area contributed by atoms with Crippen LogP contribution >= 0.6 is 0 Å². The second kappa shape index (κ2) is 4.56. The zero-order valence-electron chi connectivity index (χ0n) is 10.6. The van der Waals surface area contributed by atoms with Crippen LogP contribution in [0.3, 0.4) is 0 Å². The molecule has 2 heterocycles. The van der Waals surface area contributed by atoms with E-state index in [1.54, 1.807) is 18.2 Å². The minimum absolute atomic E-state index is 0.0234. The standard InChI is InChI=1S/C12H14N2O4S2/c15-19(16)6-5-9(8-19)7-13-12-10-3-1-2-4-11(10)20(17,18)14-12/h1-4,9H,5-8H2,(H,13,14). The van der Waals surface area contributed by atoms with Gasteiger partial charge >= 0.3 is 0 Å². The second-order valence-corrected chi connectivity index (χ2v) is 8.94. The Morgan fingerprint density at radius 1 is 1.20 bits per heavy atom. The number of sulfonamides is 1. The summed E-state index contributed by atoms with van der Waals surface area (Å²) in [7, 11) is -6.45. The van der Waals surface area contributed by atoms with E-state index in [4.69, 9.17) is 0 Å². The lowest BCUT2D eigenvalue weighted by Gasteiger charge is -2.04. The van der Waals surface area contributed by atoms with Crippen molar-refractivity contribution in [2.24, 2.45) is 10.9 Å². The lowest BCUT2D eigenvalue weighted by Crippen LogP contribution is -2.23. The molecule has 1 N–H and O–H groups in total. The summed E-state index contributed by atoms with van der Waals surface area (Å²) in [6.07, 6.45) is 0.591. The van der Waals surface area contributed by atoms with E-state index < -0.39 is 19.9 Å². The molecule has 20 heavy (non-hydrogen) atoms. The van der Waals surface area contributed by atoms with Crippen molar-refractivity contribution >= 4 is 25.7 Å². The summed E-state index contributed by atoms with van der Waals surface area (Å²) in [6, 6.07) is 6.62. The molecule has 1 aromatic carbocycles. The Kier molecular flexibility index (Phi) is 3.09. The first-order chi connectivity index (χ1) is 9.37. The maximum Gasteiger partial charge on any atom is 0.263 e. The van der Waals surface area contributed by atoms with Crippen LogP contribution in [0, 0.1) is 5.92 Å². The number of hydrogen-bond acceptors (Lipinski definition) is 5. The molecule has 1 fully saturated rings. The Hall–Kier alpha value is -1.41. The minimum Gasteiger partial charge on any atom is -0.267 e. The van der Waals surface area contributed by atoms with Crippen molar-refractivity contribution in [1.29, 1.82) is 0 Å². The molecular formula is C12H14N2O4S2. The first kappa shape index (κ1) is 13.6. The first-order valence-corrected chi connectivity index (χ1v) is 9.55. The summed E-state index contributed by atoms with van der Waals surface area (Å²) in [5, 5.41) is 0. The molecule has 0 saturated carbocycles. The number of nitrogens with zero attached hydrogens (tertiary/aromatic N) is 1. The van der Waals surface area contributed by atoms with E-state index in [1.807, 2.05) is 0 Å². The van der Waals surface area contributed by atoms with Crippen molar-refractivity contribution in [2.75, 3.05) is 18.1 Å². The van der Waals surface area contributed by atoms with Crippen LogP contribution in [0.25, 0.3) is 0 Å². The number of benzene rings is 1. The summed E-state index contributed by atoms with van der Waals surface area (Å²) in [5.41, 5.74) is 0.549. The van der Waals surface area contributed by atoms with Crippen molar-refractivity contribution in [3.8, 4) is 0 Å². The van der Waals surface area contributed by atoms with Gasteiger partial charge in [0.1, 0.15) is 5.84 Å². The van der Waals surface area contributed by atoms with Gasteiger partial charge in [-0.05, 0) is 24.5 Å². The second-order valence-electron chi connectivity index (χ2n) is 5.06. The largest absolute Gasteiger partial charge is 0.267 e. The molecule has 2 aliphatic rings. The number of sulfone groups is 1. The first-order valence-electron chi connectivity index (χ1n) is 6.24. The molecule has 2 aliphatic heterocycles. The van der Waals surface area contributed by atoms with Gasteiger partial charge in [-0.3, -0.25) is 9.71 Å². The monoisotopic (exact) mass is 314 g/mol. The average Bonchev–Trinajstić information content (AvgIpc) is 2.86. The number of nitrogens with one attached hydrogen (secondary N) is 1. The minimum atomic E-state index is -3.52. The summed E-state index contributed by atoms with van der Waals surface area (Å²) in [5.74, 6) is 0.623. The number of rotatable bonds is 2. The molecule has 1 saturated heterocycles. The van der Waals surface area contributed by atoms with Crippen molar-refractivity contribution in [1.82, 2.24) is 4.72 Å². The van der Waals surface area contributed by atoms with Crippen LogP contribution in [-0.2, 0) is 19.9 Å². The molecule has 0 aliphatic carbocycles. The number of fused-ring (bicyclic) bond motifs is 1. The normalized spacial score (nSPS) is 28.2. The van der Waals surface area contributed by atoms with Gasteiger partial charge in [-0.25, -0.2) is 16.8 Å². The highest BCUT2D eigenvalue weighted by atomic mass is 32.2. The van der Waals surface area contributed by atoms with Crippen molar-refractivity contribution in [3.05, 3.63) is 29.8 Å². The van der Waals surface area contributed by atoms with E-state index in [-0.39, 0.29) is 22.3 Å². The highest BCUT2D eigenvalue weighted by molar-refractivity contribution is 7.91. The Morgan fingerprint density at radius 2 is 1.95 bits per heavy atom. The lowest BCUT2D eigenvalue weighted by atomic mass is 10.1. The van der Waals surface area contributed by atoms with Crippen molar-refractivity contribution in [3.63, 3.8) is 0 Å². The zero-order chi connectivity index (χ0) is 14.4. The fraction of sp³-hybridized carbons (Fsp3) is 0.417. The summed E-state index contributed by atoms with van der Waals surface area (Å²) in [6.45, 7) is 0.325. The molecule has 8 heteroatoms. The van der Waals surface area contributed by atoms with E-state index in [0.717, 1.165) is 0 Å². The molecule has 6 nitrogen and oxygen atoms in total. The summed E-state index contributed by atoms with van der Waals surface area (Å²) in [4.78, 5) is 4.49. The summed E-state index contributed by atoms with van der Waals surface area (Å²) < 4.78 is 48.9. The van der Waals surface area contributed by atoms with Crippen LogP contribution in [0.15, 0.2) is 34.2 Å². The van der Waals surface area contributed by atoms with Gasteiger partial charge in [-0.2, -0.15) is 0 Å². The predicted molar refractivity (Wildman–Crippen MR) is 74.9 cm³/mol. The van der Waals surface area contributed by atoms with Crippen LogP contribution in [-0.4, -0.2) is 40.7 Å². The molecule has 1 aromatic rings. The highest BCUT2D eigenvalue weighted by Crippen LogP contribution is 2.23. The third kappa shape index (κ3) is 2.45. The van der Waals surface area contributed by atoms with Gasteiger partial charge in [-0.1, -0.05) is 12.1 Å². The molecule has 0 bridgehead atoms. The highest BCUT2D eigenvalue weighted by Gasteiger charge is 2.31. The Bertz CT molecular complexity index is 781. The van der Waals surface area contributed by atoms with Crippen molar-refractivity contribution < 1.29 is 16.8 Å². The third-order valence-corrected chi connectivity index (χ3v) is 6.73. The quantitative estimate of drug-likeness (QED) is 0.841. The molecule has 108 valence electrons. The van der Waals surface area contributed by atoms with Crippen LogP contribution in [0.1, 0.15) is 12.0 Å². The Labute approximate surface area is 117 Å². The Balaban J connectivity index is 1.84. The number of amidine groups is 1. The predicted octanol–water partition coefficient (Wildman–Crippen LogP) is 0.160. The smallest absolute Gasteiger partial charge is 0.263 e. The molecule has 3 rings (SSSR count). The molecule has 1 unspecified atom stereocenters. The van der Waals surface area contributed by atoms with E-state index in [0.29, 0.717) is 24.4 Å². The SMILES string of the molecule is O=S1(=O)CCC(CN=C2NS(=O)(=O)c3ccccc32)C1. The molecule has 0 aromatic heterocycles. The van der Waals surface area contributed by atoms with Crippen LogP contribution in [0.4, 0.5) is 0 Å². The van der Waals surface area contributed by atoms with Crippen molar-refractivity contribution in [2.45, 2.75) is 11.3 Å². The van der Waals surface area contributed by atoms with E-state index >= 15 is 0 Å². The Morgan fingerprint density at radius 3 is 2.65 bits per heavy atom. The third-order valence-electron chi connectivity index (χ3n) is 3.50. The van der Waals surface area contributed by atoms with E-state index in [1.165, 1.54) is 6.07 Å². The topological polar surface area (TPSA) is 92.7 Å². The molecule has 0 spiro atoms. The van der Waals surface area contributed by atoms with Gasteiger partial charge in [0.2, 0.25) is 0 Å².